The van der Waals surface area contributed by atoms with Crippen molar-refractivity contribution in [2.75, 3.05) is 18.4 Å². The Morgan fingerprint density at radius 1 is 1.11 bits per heavy atom. The van der Waals surface area contributed by atoms with Crippen LogP contribution in [-0.2, 0) is 6.54 Å². The number of halogens is 2. The van der Waals surface area contributed by atoms with Gasteiger partial charge < -0.3 is 15.0 Å². The maximum Gasteiger partial charge on any atom is 0.229 e. The first-order chi connectivity index (χ1) is 17.3. The number of benzene rings is 1. The van der Waals surface area contributed by atoms with Gasteiger partial charge in [0.05, 0.1) is 17.8 Å². The van der Waals surface area contributed by atoms with Crippen molar-refractivity contribution in [3.63, 3.8) is 0 Å². The number of hydrogen-bond donors (Lipinski definition) is 2. The van der Waals surface area contributed by atoms with Crippen LogP contribution in [0.1, 0.15) is 44.1 Å². The van der Waals surface area contributed by atoms with Gasteiger partial charge in [0.25, 0.3) is 0 Å². The summed E-state index contributed by atoms with van der Waals surface area (Å²) in [6, 6.07) is 6.76. The molecule has 36 heavy (non-hydrogen) atoms. The number of pyridine rings is 1. The molecule has 0 unspecified atom stereocenters. The molecule has 0 radical (unpaired) electrons. The molecule has 2 N–H and O–H groups in total. The number of β-amino-alcohol motifs (C(OH)–C–C–N with tert-alkyl or cyclic N) is 1. The lowest BCUT2D eigenvalue weighted by Crippen LogP contribution is -2.37. The molecule has 0 bridgehead atoms. The van der Waals surface area contributed by atoms with Crippen molar-refractivity contribution in [1.82, 2.24) is 29.4 Å². The minimum absolute atomic E-state index is 0.0114. The molecule has 0 aliphatic carbocycles. The summed E-state index contributed by atoms with van der Waals surface area (Å²) in [5, 5.41) is 12.9. The molecule has 1 aliphatic heterocycles. The fraction of sp³-hybridized carbons (Fsp3) is 0.385. The average molecular weight is 494 g/mol. The molecule has 188 valence electrons. The second kappa shape index (κ2) is 9.87. The van der Waals surface area contributed by atoms with E-state index < -0.39 is 11.6 Å². The highest BCUT2D eigenvalue weighted by molar-refractivity contribution is 5.83. The Bertz CT molecular complexity index is 1390. The van der Waals surface area contributed by atoms with Crippen LogP contribution in [0.25, 0.3) is 22.3 Å². The van der Waals surface area contributed by atoms with E-state index in [4.69, 9.17) is 0 Å². The highest BCUT2D eigenvalue weighted by Gasteiger charge is 2.19. The van der Waals surface area contributed by atoms with Crippen LogP contribution >= 0.6 is 0 Å². The van der Waals surface area contributed by atoms with Crippen molar-refractivity contribution in [1.29, 1.82) is 0 Å². The molecule has 0 spiro atoms. The first-order valence-corrected chi connectivity index (χ1v) is 12.1. The van der Waals surface area contributed by atoms with E-state index >= 15 is 0 Å². The molecule has 0 amide bonds. The van der Waals surface area contributed by atoms with Gasteiger partial charge in [0.1, 0.15) is 22.9 Å². The van der Waals surface area contributed by atoms with Crippen molar-refractivity contribution in [3.05, 3.63) is 59.7 Å². The first-order valence-electron chi connectivity index (χ1n) is 12.1. The molecular weight excluding hydrogens is 464 g/mol. The lowest BCUT2D eigenvalue weighted by Gasteiger charge is -2.29. The van der Waals surface area contributed by atoms with Gasteiger partial charge in [-0.3, -0.25) is 4.90 Å². The number of piperidine rings is 1. The summed E-state index contributed by atoms with van der Waals surface area (Å²) in [6.07, 6.45) is 4.37. The fourth-order valence-corrected chi connectivity index (χ4v) is 4.83. The number of nitrogens with zero attached hydrogens (tertiary/aromatic N) is 6. The molecule has 1 fully saturated rings. The van der Waals surface area contributed by atoms with Crippen LogP contribution in [0.2, 0.25) is 0 Å². The predicted molar refractivity (Wildman–Crippen MR) is 134 cm³/mol. The summed E-state index contributed by atoms with van der Waals surface area (Å²) in [5.74, 6) is 0.159. The van der Waals surface area contributed by atoms with Gasteiger partial charge in [0, 0.05) is 30.9 Å². The lowest BCUT2D eigenvalue weighted by atomic mass is 10.1. The molecule has 1 aliphatic rings. The summed E-state index contributed by atoms with van der Waals surface area (Å²) in [4.78, 5) is 19.3. The van der Waals surface area contributed by atoms with Gasteiger partial charge in [-0.2, -0.15) is 0 Å². The quantitative estimate of drug-likeness (QED) is 0.400. The molecule has 10 heteroatoms. The molecule has 5 rings (SSSR count). The van der Waals surface area contributed by atoms with Crippen LogP contribution in [0.4, 0.5) is 20.5 Å². The minimum Gasteiger partial charge on any atom is -0.392 e. The summed E-state index contributed by atoms with van der Waals surface area (Å²) in [7, 11) is 0. The third-order valence-electron chi connectivity index (χ3n) is 6.41. The molecule has 3 aromatic heterocycles. The zero-order chi connectivity index (χ0) is 25.4. The van der Waals surface area contributed by atoms with Gasteiger partial charge >= 0.3 is 0 Å². The standard InChI is InChI=1S/C26H29F2N7O/c1-15(2)35-16(3)31-25-20(27)9-18(10-22(25)35)24-21(28)12-30-26(33-24)32-23-7-6-17(11-29-23)13-34-8-4-5-19(36)14-34/h6-7,9-12,15,19,36H,4-5,8,13-14H2,1-3H3,(H,29,30,32,33)/t19-/m0/s1. The van der Waals surface area contributed by atoms with Gasteiger partial charge in [0.2, 0.25) is 5.95 Å². The average Bonchev–Trinajstić information content (AvgIpc) is 3.18. The monoisotopic (exact) mass is 493 g/mol. The van der Waals surface area contributed by atoms with Gasteiger partial charge in [-0.25, -0.2) is 28.7 Å². The van der Waals surface area contributed by atoms with Crippen LogP contribution in [0.15, 0.2) is 36.7 Å². The van der Waals surface area contributed by atoms with Gasteiger partial charge in [-0.1, -0.05) is 6.07 Å². The maximum atomic E-state index is 14.9. The summed E-state index contributed by atoms with van der Waals surface area (Å²) in [5.41, 5.74) is 2.15. The Hall–Kier alpha value is -3.50. The van der Waals surface area contributed by atoms with Crippen molar-refractivity contribution in [3.8, 4) is 11.3 Å². The topological polar surface area (TPSA) is 92.0 Å². The SMILES string of the molecule is Cc1nc2c(F)cc(-c3nc(Nc4ccc(CN5CCC[C@H](O)C5)cn4)ncc3F)cc2n1C(C)C. The van der Waals surface area contributed by atoms with Gasteiger partial charge in [0.15, 0.2) is 11.6 Å². The van der Waals surface area contributed by atoms with E-state index in [1.54, 1.807) is 18.3 Å². The first kappa shape index (κ1) is 24.2. The normalized spacial score (nSPS) is 16.7. The molecule has 4 aromatic rings. The zero-order valence-electron chi connectivity index (χ0n) is 20.5. The molecule has 4 heterocycles. The number of likely N-dealkylation sites (tertiary alicyclic amines) is 1. The number of nitrogens with one attached hydrogen (secondary N) is 1. The summed E-state index contributed by atoms with van der Waals surface area (Å²) in [6.45, 7) is 8.12. The number of anilines is 2. The van der Waals surface area contributed by atoms with Crippen molar-refractivity contribution >= 4 is 22.8 Å². The number of hydrogen-bond acceptors (Lipinski definition) is 7. The van der Waals surface area contributed by atoms with Gasteiger partial charge in [-0.05, 0) is 63.9 Å². The molecule has 1 atom stereocenters. The fourth-order valence-electron chi connectivity index (χ4n) is 4.83. The number of aryl methyl sites for hydroxylation is 1. The number of aliphatic hydroxyl groups is 1. The van der Waals surface area contributed by atoms with Crippen molar-refractivity contribution in [2.24, 2.45) is 0 Å². The lowest BCUT2D eigenvalue weighted by molar-refractivity contribution is 0.0668. The third kappa shape index (κ3) is 4.91. The Kier molecular flexibility index (Phi) is 6.63. The second-order valence-corrected chi connectivity index (χ2v) is 9.55. The number of rotatable bonds is 6. The maximum absolute atomic E-state index is 14.9. The Balaban J connectivity index is 1.38. The van der Waals surface area contributed by atoms with E-state index in [9.17, 15) is 13.9 Å². The smallest absolute Gasteiger partial charge is 0.229 e. The van der Waals surface area contributed by atoms with Crippen molar-refractivity contribution < 1.29 is 13.9 Å². The van der Waals surface area contributed by atoms with E-state index in [0.29, 0.717) is 35.8 Å². The molecule has 8 nitrogen and oxygen atoms in total. The number of imidazole rings is 1. The molecule has 1 aromatic carbocycles. The van der Waals surface area contributed by atoms with Crippen molar-refractivity contribution in [2.45, 2.75) is 52.3 Å². The zero-order valence-corrected chi connectivity index (χ0v) is 20.5. The second-order valence-electron chi connectivity index (χ2n) is 9.55. The van der Waals surface area contributed by atoms with E-state index in [-0.39, 0.29) is 29.3 Å². The number of aromatic nitrogens is 5. The van der Waals surface area contributed by atoms with Crippen LogP contribution in [0, 0.1) is 18.6 Å². The molecule has 1 saturated heterocycles. The Morgan fingerprint density at radius 3 is 2.67 bits per heavy atom. The van der Waals surface area contributed by atoms with E-state index in [2.05, 4.69) is 30.2 Å². The van der Waals surface area contributed by atoms with Gasteiger partial charge in [-0.15, -0.1) is 0 Å². The highest BCUT2D eigenvalue weighted by Crippen LogP contribution is 2.30. The number of aliphatic hydroxyl groups excluding tert-OH is 1. The minimum atomic E-state index is -0.654. The molecular formula is C26H29F2N7O. The number of fused-ring (bicyclic) bond motifs is 1. The molecule has 0 saturated carbocycles. The van der Waals surface area contributed by atoms with Crippen LogP contribution < -0.4 is 5.32 Å². The third-order valence-corrected chi connectivity index (χ3v) is 6.41. The Labute approximate surface area is 208 Å². The highest BCUT2D eigenvalue weighted by atomic mass is 19.1. The van der Waals surface area contributed by atoms with Crippen LogP contribution in [0.5, 0.6) is 0 Å². The van der Waals surface area contributed by atoms with E-state index in [1.165, 1.54) is 6.07 Å². The van der Waals surface area contributed by atoms with Crippen LogP contribution in [0.3, 0.4) is 0 Å². The summed E-state index contributed by atoms with van der Waals surface area (Å²) >= 11 is 0. The largest absolute Gasteiger partial charge is 0.392 e. The Morgan fingerprint density at radius 2 is 1.94 bits per heavy atom. The van der Waals surface area contributed by atoms with E-state index in [1.807, 2.05) is 31.4 Å². The van der Waals surface area contributed by atoms with E-state index in [0.717, 1.165) is 31.1 Å². The summed E-state index contributed by atoms with van der Waals surface area (Å²) < 4.78 is 31.6. The predicted octanol–water partition coefficient (Wildman–Crippen LogP) is 4.76. The van der Waals surface area contributed by atoms with Crippen LogP contribution in [-0.4, -0.2) is 53.7 Å².